The van der Waals surface area contributed by atoms with Gasteiger partial charge in [0.1, 0.15) is 5.01 Å². The highest BCUT2D eigenvalue weighted by Gasteiger charge is 2.42. The third-order valence-corrected chi connectivity index (χ3v) is 2.64. The Morgan fingerprint density at radius 3 is 2.89 bits per heavy atom. The summed E-state index contributed by atoms with van der Waals surface area (Å²) in [6.07, 6.45) is 4.04. The molecule has 0 bridgehead atoms. The van der Waals surface area contributed by atoms with E-state index in [1.807, 2.05) is 11.6 Å². The minimum atomic E-state index is -0.0197. The van der Waals surface area contributed by atoms with Crippen molar-refractivity contribution in [1.29, 1.82) is 0 Å². The summed E-state index contributed by atoms with van der Waals surface area (Å²) in [4.78, 5) is 4.14. The van der Waals surface area contributed by atoms with E-state index in [2.05, 4.69) is 4.98 Å². The lowest BCUT2D eigenvalue weighted by Gasteiger charge is -1.99. The van der Waals surface area contributed by atoms with Gasteiger partial charge in [0.25, 0.3) is 0 Å². The van der Waals surface area contributed by atoms with Gasteiger partial charge in [-0.1, -0.05) is 0 Å². The molecule has 2 nitrogen and oxygen atoms in total. The van der Waals surface area contributed by atoms with Crippen LogP contribution in [0.5, 0.6) is 0 Å². The molecule has 0 radical (unpaired) electrons. The molecular formula is C6H8N2S. The van der Waals surface area contributed by atoms with Crippen molar-refractivity contribution in [1.82, 2.24) is 4.98 Å². The van der Waals surface area contributed by atoms with Crippen LogP contribution in [0.15, 0.2) is 11.6 Å². The molecule has 1 heterocycles. The largest absolute Gasteiger partial charge is 0.319 e. The molecule has 2 N–H and O–H groups in total. The Morgan fingerprint density at radius 2 is 2.44 bits per heavy atom. The summed E-state index contributed by atoms with van der Waals surface area (Å²) in [6.45, 7) is 0. The summed E-state index contributed by atoms with van der Waals surface area (Å²) < 4.78 is 0. The zero-order chi connectivity index (χ0) is 6.32. The molecule has 1 aromatic rings. The van der Waals surface area contributed by atoms with Crippen molar-refractivity contribution in [3.8, 4) is 0 Å². The van der Waals surface area contributed by atoms with Crippen LogP contribution in [-0.2, 0) is 5.54 Å². The van der Waals surface area contributed by atoms with Gasteiger partial charge in [0.15, 0.2) is 0 Å². The minimum absolute atomic E-state index is 0.0197. The first-order valence-electron chi connectivity index (χ1n) is 3.00. The maximum atomic E-state index is 5.86. The molecule has 0 spiro atoms. The normalized spacial score (nSPS) is 21.9. The number of aromatic nitrogens is 1. The maximum Gasteiger partial charge on any atom is 0.112 e. The quantitative estimate of drug-likeness (QED) is 0.634. The van der Waals surface area contributed by atoms with Gasteiger partial charge >= 0.3 is 0 Å². The van der Waals surface area contributed by atoms with Gasteiger partial charge in [-0.2, -0.15) is 0 Å². The van der Waals surface area contributed by atoms with Crippen molar-refractivity contribution >= 4 is 11.3 Å². The van der Waals surface area contributed by atoms with Crippen LogP contribution in [0.2, 0.25) is 0 Å². The van der Waals surface area contributed by atoms with Crippen LogP contribution in [0, 0.1) is 0 Å². The molecule has 2 rings (SSSR count). The molecule has 0 atom stereocenters. The van der Waals surface area contributed by atoms with Crippen LogP contribution in [0.3, 0.4) is 0 Å². The molecule has 3 heteroatoms. The number of rotatable bonds is 1. The second-order valence-electron chi connectivity index (χ2n) is 2.49. The van der Waals surface area contributed by atoms with E-state index >= 15 is 0 Å². The minimum Gasteiger partial charge on any atom is -0.319 e. The maximum absolute atomic E-state index is 5.86. The molecular weight excluding hydrogens is 132 g/mol. The number of hydrogen-bond acceptors (Lipinski definition) is 3. The van der Waals surface area contributed by atoms with Gasteiger partial charge < -0.3 is 5.73 Å². The predicted octanol–water partition coefficient (Wildman–Crippen LogP) is 1.09. The highest BCUT2D eigenvalue weighted by Crippen LogP contribution is 2.43. The van der Waals surface area contributed by atoms with Crippen LogP contribution < -0.4 is 5.73 Å². The number of thiazole rings is 1. The van der Waals surface area contributed by atoms with Crippen LogP contribution >= 0.6 is 11.3 Å². The van der Waals surface area contributed by atoms with Crippen molar-refractivity contribution in [3.05, 3.63) is 16.6 Å². The van der Waals surface area contributed by atoms with E-state index in [0.717, 1.165) is 17.8 Å². The number of nitrogens with two attached hydrogens (primary N) is 1. The van der Waals surface area contributed by atoms with E-state index in [4.69, 9.17) is 5.73 Å². The van der Waals surface area contributed by atoms with E-state index in [1.165, 1.54) is 0 Å². The molecule has 1 aromatic heterocycles. The first-order valence-corrected chi connectivity index (χ1v) is 3.88. The van der Waals surface area contributed by atoms with Gasteiger partial charge in [0, 0.05) is 11.6 Å². The molecule has 1 aliphatic carbocycles. The van der Waals surface area contributed by atoms with Crippen molar-refractivity contribution in [2.75, 3.05) is 0 Å². The van der Waals surface area contributed by atoms with Crippen LogP contribution in [0.1, 0.15) is 17.8 Å². The highest BCUT2D eigenvalue weighted by atomic mass is 32.1. The second-order valence-corrected chi connectivity index (χ2v) is 3.39. The number of hydrogen-bond donors (Lipinski definition) is 1. The lowest BCUT2D eigenvalue weighted by Crippen LogP contribution is -2.17. The van der Waals surface area contributed by atoms with Crippen molar-refractivity contribution < 1.29 is 0 Å². The molecule has 0 unspecified atom stereocenters. The first-order chi connectivity index (χ1) is 4.31. The van der Waals surface area contributed by atoms with Crippen molar-refractivity contribution in [2.45, 2.75) is 18.4 Å². The average Bonchev–Trinajstić information content (AvgIpc) is 2.46. The molecule has 1 aliphatic rings. The molecule has 48 valence electrons. The molecule has 1 saturated carbocycles. The van der Waals surface area contributed by atoms with E-state index in [9.17, 15) is 0 Å². The topological polar surface area (TPSA) is 38.9 Å². The third-order valence-electron chi connectivity index (χ3n) is 1.65. The van der Waals surface area contributed by atoms with Gasteiger partial charge in [-0.25, -0.2) is 4.98 Å². The SMILES string of the molecule is NC1(c2nccs2)CC1. The van der Waals surface area contributed by atoms with Gasteiger partial charge in [-0.05, 0) is 12.8 Å². The van der Waals surface area contributed by atoms with Gasteiger partial charge in [0.05, 0.1) is 5.54 Å². The smallest absolute Gasteiger partial charge is 0.112 e. The lowest BCUT2D eigenvalue weighted by molar-refractivity contribution is 0.731. The summed E-state index contributed by atoms with van der Waals surface area (Å²) in [5, 5.41) is 3.07. The van der Waals surface area contributed by atoms with Crippen molar-refractivity contribution in [2.24, 2.45) is 5.73 Å². The molecule has 9 heavy (non-hydrogen) atoms. The molecule has 0 aromatic carbocycles. The third kappa shape index (κ3) is 0.767. The second kappa shape index (κ2) is 1.55. The fourth-order valence-corrected chi connectivity index (χ4v) is 1.63. The van der Waals surface area contributed by atoms with Crippen LogP contribution in [-0.4, -0.2) is 4.98 Å². The Labute approximate surface area is 57.7 Å². The van der Waals surface area contributed by atoms with Gasteiger partial charge in [-0.15, -0.1) is 11.3 Å². The van der Waals surface area contributed by atoms with E-state index in [0.29, 0.717) is 0 Å². The molecule has 0 amide bonds. The van der Waals surface area contributed by atoms with Crippen LogP contribution in [0.25, 0.3) is 0 Å². The lowest BCUT2D eigenvalue weighted by atomic mass is 10.3. The molecule has 1 fully saturated rings. The Morgan fingerprint density at radius 1 is 1.67 bits per heavy atom. The fraction of sp³-hybridized carbons (Fsp3) is 0.500. The first kappa shape index (κ1) is 5.38. The fourth-order valence-electron chi connectivity index (χ4n) is 0.818. The summed E-state index contributed by atoms with van der Waals surface area (Å²) in [7, 11) is 0. The van der Waals surface area contributed by atoms with Crippen molar-refractivity contribution in [3.63, 3.8) is 0 Å². The van der Waals surface area contributed by atoms with Gasteiger partial charge in [0.2, 0.25) is 0 Å². The monoisotopic (exact) mass is 140 g/mol. The standard InChI is InChI=1S/C6H8N2S/c7-6(1-2-6)5-8-3-4-9-5/h3-4H,1-2,7H2. The zero-order valence-electron chi connectivity index (χ0n) is 5.00. The predicted molar refractivity (Wildman–Crippen MR) is 37.2 cm³/mol. The zero-order valence-corrected chi connectivity index (χ0v) is 5.82. The Balaban J connectivity index is 2.34. The average molecular weight is 140 g/mol. The Kier molecular flexibility index (Phi) is 0.926. The summed E-state index contributed by atoms with van der Waals surface area (Å²) in [5.41, 5.74) is 5.84. The Bertz CT molecular complexity index is 201. The summed E-state index contributed by atoms with van der Waals surface area (Å²) in [6, 6.07) is 0. The molecule has 0 aliphatic heterocycles. The highest BCUT2D eigenvalue weighted by molar-refractivity contribution is 7.09. The van der Waals surface area contributed by atoms with E-state index in [1.54, 1.807) is 11.3 Å². The van der Waals surface area contributed by atoms with Crippen LogP contribution in [0.4, 0.5) is 0 Å². The number of nitrogens with zero attached hydrogens (tertiary/aromatic N) is 1. The molecule has 0 saturated heterocycles. The van der Waals surface area contributed by atoms with E-state index in [-0.39, 0.29) is 5.54 Å². The summed E-state index contributed by atoms with van der Waals surface area (Å²) >= 11 is 1.66. The Hall–Kier alpha value is -0.410. The summed E-state index contributed by atoms with van der Waals surface area (Å²) in [5.74, 6) is 0. The van der Waals surface area contributed by atoms with Gasteiger partial charge in [-0.3, -0.25) is 0 Å². The van der Waals surface area contributed by atoms with E-state index < -0.39 is 0 Å².